The summed E-state index contributed by atoms with van der Waals surface area (Å²) in [6.45, 7) is 3.95. The summed E-state index contributed by atoms with van der Waals surface area (Å²) in [5.41, 5.74) is 5.90. The second-order valence-corrected chi connectivity index (χ2v) is 5.53. The normalized spacial score (nSPS) is 11.1. The topological polar surface area (TPSA) is 87.2 Å². The second kappa shape index (κ2) is 6.45. The molecule has 0 bridgehead atoms. The summed E-state index contributed by atoms with van der Waals surface area (Å²) >= 11 is 0. The highest BCUT2D eigenvalue weighted by Crippen LogP contribution is 2.17. The molecule has 3 rings (SSSR count). The predicted octanol–water partition coefficient (Wildman–Crippen LogP) is 2.30. The summed E-state index contributed by atoms with van der Waals surface area (Å²) in [6, 6.07) is 8.93. The quantitative estimate of drug-likeness (QED) is 0.573. The Morgan fingerprint density at radius 1 is 1.21 bits per heavy atom. The number of amides is 1. The van der Waals surface area contributed by atoms with E-state index in [1.807, 2.05) is 26.0 Å². The zero-order chi connectivity index (χ0) is 17.1. The largest absolute Gasteiger partial charge is 0.321 e. The molecule has 0 aliphatic carbocycles. The number of fused-ring (bicyclic) bond motifs is 1. The summed E-state index contributed by atoms with van der Waals surface area (Å²) < 4.78 is 0. The molecular weight excluding hydrogens is 304 g/mol. The number of pyridine rings is 2. The van der Waals surface area contributed by atoms with Crippen molar-refractivity contribution in [1.82, 2.24) is 15.4 Å². The Morgan fingerprint density at radius 3 is 2.71 bits per heavy atom. The number of aromatic amines is 1. The Labute approximate surface area is 138 Å². The van der Waals surface area contributed by atoms with Crippen LogP contribution in [0.15, 0.2) is 52.6 Å². The number of nitrogens with zero attached hydrogens (tertiary/aromatic N) is 2. The molecule has 0 saturated carbocycles. The van der Waals surface area contributed by atoms with Crippen molar-refractivity contribution in [3.05, 3.63) is 75.3 Å². The van der Waals surface area contributed by atoms with Crippen LogP contribution in [0.2, 0.25) is 0 Å². The van der Waals surface area contributed by atoms with Crippen LogP contribution >= 0.6 is 0 Å². The number of H-pyrrole nitrogens is 1. The number of hydrogen-bond acceptors (Lipinski definition) is 4. The van der Waals surface area contributed by atoms with Crippen LogP contribution < -0.4 is 11.0 Å². The Balaban J connectivity index is 1.86. The molecule has 0 aliphatic rings. The van der Waals surface area contributed by atoms with E-state index in [1.54, 1.807) is 18.2 Å². The molecule has 1 amide bonds. The summed E-state index contributed by atoms with van der Waals surface area (Å²) in [5.74, 6) is -0.363. The highest BCUT2D eigenvalue weighted by atomic mass is 16.2. The van der Waals surface area contributed by atoms with E-state index in [-0.39, 0.29) is 11.5 Å². The third kappa shape index (κ3) is 3.22. The summed E-state index contributed by atoms with van der Waals surface area (Å²) in [7, 11) is 0. The molecule has 2 N–H and O–H groups in total. The van der Waals surface area contributed by atoms with Gasteiger partial charge in [0.25, 0.3) is 11.5 Å². The average molecular weight is 320 g/mol. The Morgan fingerprint density at radius 2 is 1.96 bits per heavy atom. The van der Waals surface area contributed by atoms with E-state index < -0.39 is 0 Å². The lowest BCUT2D eigenvalue weighted by molar-refractivity contribution is 0.0955. The van der Waals surface area contributed by atoms with E-state index in [9.17, 15) is 9.59 Å². The van der Waals surface area contributed by atoms with E-state index in [0.717, 1.165) is 22.0 Å². The fourth-order valence-corrected chi connectivity index (χ4v) is 2.53. The van der Waals surface area contributed by atoms with Crippen molar-refractivity contribution >= 4 is 23.0 Å². The number of carbonyl (C=O) groups excluding carboxylic acids is 1. The third-order valence-corrected chi connectivity index (χ3v) is 3.63. The van der Waals surface area contributed by atoms with E-state index in [2.05, 4.69) is 20.5 Å². The van der Waals surface area contributed by atoms with Crippen LogP contribution in [0.4, 0.5) is 0 Å². The number of aryl methyl sites for hydroxylation is 2. The number of hydrazone groups is 1. The molecule has 120 valence electrons. The molecule has 0 aliphatic heterocycles. The molecule has 0 fully saturated rings. The molecule has 3 aromatic rings. The summed E-state index contributed by atoms with van der Waals surface area (Å²) in [4.78, 5) is 30.7. The zero-order valence-electron chi connectivity index (χ0n) is 13.3. The van der Waals surface area contributed by atoms with Crippen molar-refractivity contribution in [3.8, 4) is 0 Å². The van der Waals surface area contributed by atoms with Crippen molar-refractivity contribution in [1.29, 1.82) is 0 Å². The van der Waals surface area contributed by atoms with Gasteiger partial charge in [0.05, 0.1) is 17.3 Å². The maximum Gasteiger partial charge on any atom is 0.271 e. The van der Waals surface area contributed by atoms with Crippen LogP contribution in [0.3, 0.4) is 0 Å². The Kier molecular flexibility index (Phi) is 4.20. The van der Waals surface area contributed by atoms with Gasteiger partial charge in [-0.2, -0.15) is 5.10 Å². The number of nitrogens with one attached hydrogen (secondary N) is 2. The first kappa shape index (κ1) is 15.6. The van der Waals surface area contributed by atoms with Crippen LogP contribution in [-0.4, -0.2) is 22.1 Å². The minimum absolute atomic E-state index is 0.253. The Bertz CT molecular complexity index is 991. The van der Waals surface area contributed by atoms with Crippen molar-refractivity contribution < 1.29 is 4.79 Å². The fraction of sp³-hybridized carbons (Fsp3) is 0.111. The standard InChI is InChI=1S/C18H16N4O2/c1-11-7-12(2)16-14(8-11)9-15(17(23)21-16)10-20-22-18(24)13-3-5-19-6-4-13/h3-10H,1-2H3,(H,21,23)(H,22,24)/b20-10-. The molecule has 2 heterocycles. The van der Waals surface area contributed by atoms with Gasteiger partial charge in [0.15, 0.2) is 0 Å². The SMILES string of the molecule is Cc1cc(C)c2[nH]c(=O)c(/C=N\NC(=O)c3ccncc3)cc2c1. The van der Waals surface area contributed by atoms with Gasteiger partial charge in [-0.15, -0.1) is 0 Å². The first-order chi connectivity index (χ1) is 11.5. The van der Waals surface area contributed by atoms with Gasteiger partial charge >= 0.3 is 0 Å². The number of hydrogen-bond donors (Lipinski definition) is 2. The summed E-state index contributed by atoms with van der Waals surface area (Å²) in [6.07, 6.45) is 4.39. The van der Waals surface area contributed by atoms with Gasteiger partial charge in [0.1, 0.15) is 0 Å². The van der Waals surface area contributed by atoms with Crippen molar-refractivity contribution in [3.63, 3.8) is 0 Å². The second-order valence-electron chi connectivity index (χ2n) is 5.53. The van der Waals surface area contributed by atoms with Gasteiger partial charge in [-0.3, -0.25) is 14.6 Å². The lowest BCUT2D eigenvalue weighted by atomic mass is 10.1. The van der Waals surface area contributed by atoms with Crippen molar-refractivity contribution in [2.75, 3.05) is 0 Å². The molecule has 6 heteroatoms. The molecule has 24 heavy (non-hydrogen) atoms. The highest BCUT2D eigenvalue weighted by Gasteiger charge is 2.05. The molecule has 0 atom stereocenters. The maximum absolute atomic E-state index is 12.1. The third-order valence-electron chi connectivity index (χ3n) is 3.63. The molecule has 0 radical (unpaired) electrons. The number of rotatable bonds is 3. The van der Waals surface area contributed by atoms with E-state index >= 15 is 0 Å². The van der Waals surface area contributed by atoms with Crippen LogP contribution in [0.1, 0.15) is 27.0 Å². The van der Waals surface area contributed by atoms with Crippen LogP contribution in [0.25, 0.3) is 10.9 Å². The van der Waals surface area contributed by atoms with Gasteiger partial charge in [-0.1, -0.05) is 11.6 Å². The molecule has 0 saturated heterocycles. The van der Waals surface area contributed by atoms with Gasteiger partial charge < -0.3 is 4.98 Å². The van der Waals surface area contributed by atoms with Crippen LogP contribution in [-0.2, 0) is 0 Å². The minimum atomic E-state index is -0.363. The number of carbonyl (C=O) groups is 1. The van der Waals surface area contributed by atoms with E-state index in [4.69, 9.17) is 0 Å². The fourth-order valence-electron chi connectivity index (χ4n) is 2.53. The van der Waals surface area contributed by atoms with Gasteiger partial charge in [0, 0.05) is 18.0 Å². The first-order valence-corrected chi connectivity index (χ1v) is 7.42. The van der Waals surface area contributed by atoms with Crippen LogP contribution in [0, 0.1) is 13.8 Å². The maximum atomic E-state index is 12.1. The number of aromatic nitrogens is 2. The van der Waals surface area contributed by atoms with Crippen LogP contribution in [0.5, 0.6) is 0 Å². The smallest absolute Gasteiger partial charge is 0.271 e. The predicted molar refractivity (Wildman–Crippen MR) is 93.3 cm³/mol. The van der Waals surface area contributed by atoms with E-state index in [1.165, 1.54) is 18.6 Å². The summed E-state index contributed by atoms with van der Waals surface area (Å²) in [5, 5.41) is 4.79. The number of benzene rings is 1. The lowest BCUT2D eigenvalue weighted by Crippen LogP contribution is -2.19. The first-order valence-electron chi connectivity index (χ1n) is 7.42. The molecule has 2 aromatic heterocycles. The zero-order valence-corrected chi connectivity index (χ0v) is 13.3. The average Bonchev–Trinajstić information content (AvgIpc) is 2.57. The minimum Gasteiger partial charge on any atom is -0.321 e. The Hall–Kier alpha value is -3.28. The highest BCUT2D eigenvalue weighted by molar-refractivity contribution is 5.95. The monoisotopic (exact) mass is 320 g/mol. The van der Waals surface area contributed by atoms with Gasteiger partial charge in [0.2, 0.25) is 0 Å². The molecule has 1 aromatic carbocycles. The van der Waals surface area contributed by atoms with Crippen molar-refractivity contribution in [2.45, 2.75) is 13.8 Å². The lowest BCUT2D eigenvalue weighted by Gasteiger charge is -2.05. The van der Waals surface area contributed by atoms with Gasteiger partial charge in [-0.05, 0) is 49.1 Å². The molecule has 0 unspecified atom stereocenters. The van der Waals surface area contributed by atoms with E-state index in [0.29, 0.717) is 11.1 Å². The molecule has 6 nitrogen and oxygen atoms in total. The molecule has 0 spiro atoms. The van der Waals surface area contributed by atoms with Gasteiger partial charge in [-0.25, -0.2) is 5.43 Å². The molecular formula is C18H16N4O2. The van der Waals surface area contributed by atoms with Crippen molar-refractivity contribution in [2.24, 2.45) is 5.10 Å².